The molecule has 0 fully saturated rings. The predicted octanol–water partition coefficient (Wildman–Crippen LogP) is 3.71. The van der Waals surface area contributed by atoms with Gasteiger partial charge in [0.05, 0.1) is 14.1 Å². The highest BCUT2D eigenvalue weighted by atomic mass is 32.2. The topological polar surface area (TPSA) is 53.5 Å². The minimum absolute atomic E-state index is 0.164. The fourth-order valence-electron chi connectivity index (χ4n) is 1.65. The Kier molecular flexibility index (Phi) is 5.53. The second kappa shape index (κ2) is 7.60. The molecule has 1 aliphatic heterocycles. The first-order valence-electron chi connectivity index (χ1n) is 6.28. The summed E-state index contributed by atoms with van der Waals surface area (Å²) in [5.41, 5.74) is 4.84. The van der Waals surface area contributed by atoms with Gasteiger partial charge >= 0.3 is 0 Å². The van der Waals surface area contributed by atoms with Gasteiger partial charge in [0.2, 0.25) is 0 Å². The molecule has 22 heavy (non-hydrogen) atoms. The molecule has 0 atom stereocenters. The Morgan fingerprint density at radius 3 is 2.36 bits per heavy atom. The van der Waals surface area contributed by atoms with Crippen molar-refractivity contribution in [2.75, 3.05) is 16.8 Å². The zero-order valence-corrected chi connectivity index (χ0v) is 15.3. The van der Waals surface area contributed by atoms with Crippen molar-refractivity contribution in [3.63, 3.8) is 0 Å². The Bertz CT molecular complexity index is 722. The molecule has 0 bridgehead atoms. The maximum Gasteiger partial charge on any atom is 0.289 e. The summed E-state index contributed by atoms with van der Waals surface area (Å²) in [5.74, 6) is 1.54. The summed E-state index contributed by atoms with van der Waals surface area (Å²) in [5, 5.41) is 7.93. The van der Waals surface area contributed by atoms with Gasteiger partial charge in [0, 0.05) is 17.2 Å². The number of fused-ring (bicyclic) bond motifs is 1. The van der Waals surface area contributed by atoms with Crippen molar-refractivity contribution in [3.8, 4) is 0 Å². The minimum atomic E-state index is 0.164. The number of anilines is 1. The van der Waals surface area contributed by atoms with Crippen molar-refractivity contribution >= 4 is 74.9 Å². The van der Waals surface area contributed by atoms with E-state index in [0.29, 0.717) is 5.11 Å². The van der Waals surface area contributed by atoms with Crippen molar-refractivity contribution in [2.24, 2.45) is 5.10 Å². The molecule has 4 nitrogen and oxygen atoms in total. The Morgan fingerprint density at radius 1 is 1.09 bits per heavy atom. The molecule has 0 spiro atoms. The van der Waals surface area contributed by atoms with Crippen LogP contribution < -0.4 is 14.8 Å². The van der Waals surface area contributed by atoms with Crippen LogP contribution in [-0.2, 0) is 0 Å². The van der Waals surface area contributed by atoms with Gasteiger partial charge < -0.3 is 5.32 Å². The molecule has 3 rings (SSSR count). The monoisotopic (exact) mass is 385 g/mol. The fraction of sp³-hybridized carbons (Fsp3) is 0.154. The van der Waals surface area contributed by atoms with Gasteiger partial charge in [-0.1, -0.05) is 40.9 Å². The summed E-state index contributed by atoms with van der Waals surface area (Å²) in [7, 11) is 0. The van der Waals surface area contributed by atoms with Crippen LogP contribution in [0.4, 0.5) is 5.69 Å². The summed E-state index contributed by atoms with van der Waals surface area (Å²) in [4.78, 5) is 11.4. The Morgan fingerprint density at radius 2 is 1.73 bits per heavy atom. The number of hydrogen-bond acceptors (Lipinski definition) is 7. The van der Waals surface area contributed by atoms with Crippen molar-refractivity contribution in [2.45, 2.75) is 8.42 Å². The van der Waals surface area contributed by atoms with Gasteiger partial charge in [0.1, 0.15) is 0 Å². The highest BCUT2D eigenvalue weighted by Gasteiger charge is 2.17. The van der Waals surface area contributed by atoms with Crippen molar-refractivity contribution < 1.29 is 0 Å². The molecule has 0 unspecified atom stereocenters. The molecule has 0 aliphatic carbocycles. The summed E-state index contributed by atoms with van der Waals surface area (Å²) >= 11 is 11.2. The highest BCUT2D eigenvalue weighted by molar-refractivity contribution is 8.06. The van der Waals surface area contributed by atoms with Crippen molar-refractivity contribution in [1.29, 1.82) is 0 Å². The molecule has 0 saturated heterocycles. The third-order valence-corrected chi connectivity index (χ3v) is 8.02. The van der Waals surface area contributed by atoms with E-state index >= 15 is 0 Å². The smallest absolute Gasteiger partial charge is 0.289 e. The molecule has 0 amide bonds. The van der Waals surface area contributed by atoms with Crippen molar-refractivity contribution in [1.82, 2.24) is 5.43 Å². The number of hydrazone groups is 1. The molecular weight excluding hydrogens is 374 g/mol. The van der Waals surface area contributed by atoms with E-state index in [-0.39, 0.29) is 4.06 Å². The van der Waals surface area contributed by atoms with Crippen LogP contribution in [0.3, 0.4) is 0 Å². The molecule has 1 aliphatic rings. The van der Waals surface area contributed by atoms with Gasteiger partial charge in [-0.2, -0.15) is 5.10 Å². The van der Waals surface area contributed by atoms with Crippen LogP contribution in [-0.4, -0.2) is 22.3 Å². The lowest BCUT2D eigenvalue weighted by molar-refractivity contribution is 1.04. The molecule has 114 valence electrons. The third-order valence-electron chi connectivity index (χ3n) is 2.61. The number of para-hydroxylation sites is 1. The van der Waals surface area contributed by atoms with Gasteiger partial charge in [0.25, 0.3) is 4.06 Å². The molecule has 2 aromatic rings. The van der Waals surface area contributed by atoms with Crippen LogP contribution in [0, 0.1) is 0 Å². The zero-order chi connectivity index (χ0) is 15.4. The van der Waals surface area contributed by atoms with Gasteiger partial charge in [0.15, 0.2) is 5.11 Å². The largest absolute Gasteiger partial charge is 0.331 e. The maximum absolute atomic E-state index is 11.4. The second-order valence-electron chi connectivity index (χ2n) is 4.22. The molecule has 2 N–H and O–H groups in total. The Hall–Kier alpha value is -0.870. The van der Waals surface area contributed by atoms with E-state index in [0.717, 1.165) is 31.3 Å². The first-order chi connectivity index (χ1) is 10.7. The molecule has 0 saturated carbocycles. The Balaban J connectivity index is 1.56. The second-order valence-corrected chi connectivity index (χ2v) is 9.34. The van der Waals surface area contributed by atoms with E-state index in [1.165, 1.54) is 22.7 Å². The first kappa shape index (κ1) is 16.0. The van der Waals surface area contributed by atoms with Crippen LogP contribution in [0.25, 0.3) is 0 Å². The van der Waals surface area contributed by atoms with E-state index in [1.54, 1.807) is 23.5 Å². The normalized spacial score (nSPS) is 13.9. The average Bonchev–Trinajstić information content (AvgIpc) is 2.77. The molecule has 0 radical (unpaired) electrons. The maximum atomic E-state index is 11.4. The van der Waals surface area contributed by atoms with Crippen molar-refractivity contribution in [3.05, 3.63) is 39.2 Å². The summed E-state index contributed by atoms with van der Waals surface area (Å²) < 4.78 is 2.38. The van der Waals surface area contributed by atoms with Crippen LogP contribution in [0.15, 0.2) is 48.6 Å². The van der Waals surface area contributed by atoms with Gasteiger partial charge in [-0.25, -0.2) is 0 Å². The minimum Gasteiger partial charge on any atom is -0.331 e. The standard InChI is InChI=1S/C13H11N3OS5/c17-13-21-10-11(22-13)20-7-9(6-19-10)15-16-12(18)14-8-4-2-1-3-5-8/h1-5H,6-7H2,(H2,14,16,18). The number of thioether (sulfide) groups is 2. The SMILES string of the molecule is O=c1sc2c(s1)SCC(=NNC(=S)Nc1ccccc1)CS2. The average molecular weight is 386 g/mol. The molecular formula is C13H11N3OS5. The van der Waals surface area contributed by atoms with E-state index in [9.17, 15) is 4.79 Å². The molecule has 1 aromatic carbocycles. The number of thiocarbonyl (C=S) groups is 1. The third kappa shape index (κ3) is 4.32. The molecule has 2 heterocycles. The van der Waals surface area contributed by atoms with E-state index in [2.05, 4.69) is 15.8 Å². The molecule has 1 aromatic heterocycles. The van der Waals surface area contributed by atoms with E-state index < -0.39 is 0 Å². The van der Waals surface area contributed by atoms with Gasteiger partial charge in [-0.05, 0) is 24.4 Å². The number of rotatable bonds is 2. The Labute approximate surface area is 149 Å². The number of benzene rings is 1. The molecule has 9 heteroatoms. The quantitative estimate of drug-likeness (QED) is 0.607. The van der Waals surface area contributed by atoms with Gasteiger partial charge in [-0.3, -0.25) is 10.2 Å². The lowest BCUT2D eigenvalue weighted by Gasteiger charge is -2.08. The lowest BCUT2D eigenvalue weighted by Crippen LogP contribution is -2.26. The zero-order valence-electron chi connectivity index (χ0n) is 11.2. The number of nitrogens with zero attached hydrogens (tertiary/aromatic N) is 1. The van der Waals surface area contributed by atoms with E-state index in [4.69, 9.17) is 12.2 Å². The fourth-order valence-corrected chi connectivity index (χ4v) is 7.04. The lowest BCUT2D eigenvalue weighted by atomic mass is 10.3. The summed E-state index contributed by atoms with van der Waals surface area (Å²) in [6.07, 6.45) is 0. The highest BCUT2D eigenvalue weighted by Crippen LogP contribution is 2.39. The van der Waals surface area contributed by atoms with Crippen LogP contribution in [0.2, 0.25) is 0 Å². The predicted molar refractivity (Wildman–Crippen MR) is 103 cm³/mol. The van der Waals surface area contributed by atoms with Crippen LogP contribution in [0.5, 0.6) is 0 Å². The number of hydrogen-bond donors (Lipinski definition) is 2. The summed E-state index contributed by atoms with van der Waals surface area (Å²) in [6.45, 7) is 0. The van der Waals surface area contributed by atoms with E-state index in [1.807, 2.05) is 30.3 Å². The number of nitrogens with one attached hydrogen (secondary N) is 2. The van der Waals surface area contributed by atoms with Crippen LogP contribution in [0.1, 0.15) is 0 Å². The van der Waals surface area contributed by atoms with Gasteiger partial charge in [-0.15, -0.1) is 23.5 Å². The van der Waals surface area contributed by atoms with Crippen LogP contribution >= 0.6 is 58.4 Å². The summed E-state index contributed by atoms with van der Waals surface area (Å²) in [6, 6.07) is 9.73. The first-order valence-corrected chi connectivity index (χ1v) is 10.3.